The van der Waals surface area contributed by atoms with Gasteiger partial charge in [0.2, 0.25) is 0 Å². The summed E-state index contributed by atoms with van der Waals surface area (Å²) in [6, 6.07) is 9.34. The Hall–Kier alpha value is -1.44. The molecule has 1 aliphatic rings. The Morgan fingerprint density at radius 1 is 1.00 bits per heavy atom. The molecule has 1 aromatic rings. The molecule has 1 aliphatic carbocycles. The first kappa shape index (κ1) is 11.1. The second kappa shape index (κ2) is 3.27. The minimum absolute atomic E-state index is 0.0358. The normalized spacial score (nSPS) is 28.4. The van der Waals surface area contributed by atoms with Gasteiger partial charge in [-0.05, 0) is 12.5 Å². The van der Waals surface area contributed by atoms with Crippen LogP contribution in [0, 0.1) is 5.41 Å². The number of hydrogen-bond donors (Lipinski definition) is 0. The highest BCUT2D eigenvalue weighted by Gasteiger charge is 2.55. The molecule has 1 aromatic carbocycles. The van der Waals surface area contributed by atoms with Gasteiger partial charge in [0.25, 0.3) is 0 Å². The van der Waals surface area contributed by atoms with E-state index in [1.54, 1.807) is 6.92 Å². The number of carbonyl (C=O) groups excluding carboxylic acids is 2. The zero-order valence-electron chi connectivity index (χ0n) is 9.91. The van der Waals surface area contributed by atoms with E-state index in [9.17, 15) is 9.59 Å². The van der Waals surface area contributed by atoms with Gasteiger partial charge in [-0.15, -0.1) is 0 Å². The summed E-state index contributed by atoms with van der Waals surface area (Å²) in [5, 5.41) is 0. The molecule has 0 aliphatic heterocycles. The highest BCUT2D eigenvalue weighted by molar-refractivity contribution is 6.20. The Bertz CT molecular complexity index is 445. The molecule has 84 valence electrons. The average Bonchev–Trinajstić information content (AvgIpc) is 2.41. The van der Waals surface area contributed by atoms with Crippen LogP contribution in [0.1, 0.15) is 32.8 Å². The second-order valence-corrected chi connectivity index (χ2v) is 5.30. The van der Waals surface area contributed by atoms with Crippen LogP contribution in [0.4, 0.5) is 0 Å². The molecule has 1 atom stereocenters. The third-order valence-electron chi connectivity index (χ3n) is 3.58. The van der Waals surface area contributed by atoms with Crippen molar-refractivity contribution in [3.05, 3.63) is 35.9 Å². The standard InChI is InChI=1S/C14H16O2/c1-13(2)9-11(15)14(3,12(13)16)10-7-5-4-6-8-10/h4-8H,9H2,1-3H3/t14-/m0/s1. The molecule has 0 bridgehead atoms. The summed E-state index contributed by atoms with van der Waals surface area (Å²) in [4.78, 5) is 24.4. The van der Waals surface area contributed by atoms with E-state index in [2.05, 4.69) is 0 Å². The van der Waals surface area contributed by atoms with Gasteiger partial charge in [-0.25, -0.2) is 0 Å². The first-order valence-corrected chi connectivity index (χ1v) is 5.53. The Balaban J connectivity index is 2.55. The average molecular weight is 216 g/mol. The van der Waals surface area contributed by atoms with Crippen molar-refractivity contribution in [1.29, 1.82) is 0 Å². The van der Waals surface area contributed by atoms with Gasteiger partial charge in [-0.3, -0.25) is 9.59 Å². The molecule has 2 heteroatoms. The van der Waals surface area contributed by atoms with Gasteiger partial charge in [-0.1, -0.05) is 44.2 Å². The summed E-state index contributed by atoms with van der Waals surface area (Å²) in [5.41, 5.74) is -0.650. The zero-order valence-corrected chi connectivity index (χ0v) is 9.91. The number of carbonyl (C=O) groups is 2. The summed E-state index contributed by atoms with van der Waals surface area (Å²) in [7, 11) is 0. The van der Waals surface area contributed by atoms with E-state index in [-0.39, 0.29) is 11.6 Å². The van der Waals surface area contributed by atoms with Crippen molar-refractivity contribution >= 4 is 11.6 Å². The summed E-state index contributed by atoms with van der Waals surface area (Å²) in [6.45, 7) is 5.45. The number of hydrogen-bond acceptors (Lipinski definition) is 2. The topological polar surface area (TPSA) is 34.1 Å². The van der Waals surface area contributed by atoms with Crippen LogP contribution in [0.2, 0.25) is 0 Å². The van der Waals surface area contributed by atoms with Crippen molar-refractivity contribution in [2.75, 3.05) is 0 Å². The molecule has 0 heterocycles. The molecule has 0 unspecified atom stereocenters. The Morgan fingerprint density at radius 2 is 1.56 bits per heavy atom. The maximum Gasteiger partial charge on any atom is 0.156 e. The monoisotopic (exact) mass is 216 g/mol. The number of rotatable bonds is 1. The third kappa shape index (κ3) is 1.33. The molecule has 0 aromatic heterocycles. The van der Waals surface area contributed by atoms with Crippen LogP contribution < -0.4 is 0 Å². The predicted molar refractivity (Wildman–Crippen MR) is 62.2 cm³/mol. The first-order chi connectivity index (χ1) is 7.39. The van der Waals surface area contributed by atoms with E-state index < -0.39 is 10.8 Å². The molecular weight excluding hydrogens is 200 g/mol. The van der Waals surface area contributed by atoms with Crippen molar-refractivity contribution in [3.63, 3.8) is 0 Å². The van der Waals surface area contributed by atoms with Gasteiger partial charge in [0.05, 0.1) is 0 Å². The molecule has 0 radical (unpaired) electrons. The smallest absolute Gasteiger partial charge is 0.156 e. The van der Waals surface area contributed by atoms with Crippen LogP contribution in [0.25, 0.3) is 0 Å². The Labute approximate surface area is 95.7 Å². The highest BCUT2D eigenvalue weighted by Crippen LogP contribution is 2.44. The third-order valence-corrected chi connectivity index (χ3v) is 3.58. The maximum absolute atomic E-state index is 12.3. The van der Waals surface area contributed by atoms with Gasteiger partial charge in [0.1, 0.15) is 5.41 Å². The summed E-state index contributed by atoms with van der Waals surface area (Å²) in [5.74, 6) is 0.0740. The molecule has 0 N–H and O–H groups in total. The minimum Gasteiger partial charge on any atom is -0.298 e. The lowest BCUT2D eigenvalue weighted by Crippen LogP contribution is -2.37. The van der Waals surface area contributed by atoms with Gasteiger partial charge >= 0.3 is 0 Å². The lowest BCUT2D eigenvalue weighted by Gasteiger charge is -2.23. The fraction of sp³-hybridized carbons (Fsp3) is 0.429. The highest BCUT2D eigenvalue weighted by atomic mass is 16.2. The fourth-order valence-electron chi connectivity index (χ4n) is 2.53. The van der Waals surface area contributed by atoms with E-state index in [1.165, 1.54) is 0 Å². The van der Waals surface area contributed by atoms with Gasteiger partial charge in [0, 0.05) is 11.8 Å². The molecule has 16 heavy (non-hydrogen) atoms. The van der Waals surface area contributed by atoms with Crippen LogP contribution in [0.3, 0.4) is 0 Å². The molecule has 0 spiro atoms. The van der Waals surface area contributed by atoms with Crippen LogP contribution in [-0.2, 0) is 15.0 Å². The second-order valence-electron chi connectivity index (χ2n) is 5.30. The quantitative estimate of drug-likeness (QED) is 0.676. The SMILES string of the molecule is CC1(C)CC(=O)[C@](C)(c2ccccc2)C1=O. The summed E-state index contributed by atoms with van der Waals surface area (Å²) >= 11 is 0. The van der Waals surface area contributed by atoms with Crippen LogP contribution in [-0.4, -0.2) is 11.6 Å². The van der Waals surface area contributed by atoms with Crippen molar-refractivity contribution in [2.24, 2.45) is 5.41 Å². The van der Waals surface area contributed by atoms with Gasteiger partial charge in [0.15, 0.2) is 11.6 Å². The van der Waals surface area contributed by atoms with Crippen LogP contribution >= 0.6 is 0 Å². The predicted octanol–water partition coefficient (Wildman–Crippen LogP) is 2.51. The Morgan fingerprint density at radius 3 is 2.00 bits per heavy atom. The van der Waals surface area contributed by atoms with Gasteiger partial charge < -0.3 is 0 Å². The van der Waals surface area contributed by atoms with Gasteiger partial charge in [-0.2, -0.15) is 0 Å². The molecule has 2 nitrogen and oxygen atoms in total. The van der Waals surface area contributed by atoms with Crippen molar-refractivity contribution in [2.45, 2.75) is 32.6 Å². The molecular formula is C14H16O2. The van der Waals surface area contributed by atoms with Crippen LogP contribution in [0.5, 0.6) is 0 Å². The minimum atomic E-state index is -0.940. The van der Waals surface area contributed by atoms with Crippen molar-refractivity contribution in [3.8, 4) is 0 Å². The number of benzene rings is 1. The molecule has 0 amide bonds. The molecule has 2 rings (SSSR count). The van der Waals surface area contributed by atoms with E-state index in [1.807, 2.05) is 44.2 Å². The van der Waals surface area contributed by atoms with Crippen molar-refractivity contribution < 1.29 is 9.59 Å². The van der Waals surface area contributed by atoms with E-state index >= 15 is 0 Å². The first-order valence-electron chi connectivity index (χ1n) is 5.53. The lowest BCUT2D eigenvalue weighted by molar-refractivity contribution is -0.131. The molecule has 1 fully saturated rings. The maximum atomic E-state index is 12.3. The summed E-state index contributed by atoms with van der Waals surface area (Å²) in [6.07, 6.45) is 0.344. The largest absolute Gasteiger partial charge is 0.298 e. The van der Waals surface area contributed by atoms with Crippen molar-refractivity contribution in [1.82, 2.24) is 0 Å². The zero-order chi connectivity index (χ0) is 12.0. The number of ketones is 2. The van der Waals surface area contributed by atoms with E-state index in [4.69, 9.17) is 0 Å². The fourth-order valence-corrected chi connectivity index (χ4v) is 2.53. The van der Waals surface area contributed by atoms with Crippen LogP contribution in [0.15, 0.2) is 30.3 Å². The lowest BCUT2D eigenvalue weighted by atomic mass is 9.76. The van der Waals surface area contributed by atoms with E-state index in [0.717, 1.165) is 5.56 Å². The number of Topliss-reactive ketones (excluding diaryl/α,β-unsaturated/α-hetero) is 2. The van der Waals surface area contributed by atoms with E-state index in [0.29, 0.717) is 6.42 Å². The molecule has 0 saturated heterocycles. The summed E-state index contributed by atoms with van der Waals surface area (Å²) < 4.78 is 0. The molecule has 1 saturated carbocycles. The Kier molecular flexibility index (Phi) is 2.26.